The number of thioether (sulfide) groups is 1. The van der Waals surface area contributed by atoms with Crippen molar-refractivity contribution in [2.45, 2.75) is 36.3 Å². The average molecular weight is 551 g/mol. The van der Waals surface area contributed by atoms with E-state index in [9.17, 15) is 13.2 Å². The van der Waals surface area contributed by atoms with E-state index in [1.54, 1.807) is 23.9 Å². The molecule has 2 N–H and O–H groups in total. The Morgan fingerprint density at radius 2 is 1.59 bits per heavy atom. The van der Waals surface area contributed by atoms with Gasteiger partial charge in [-0.1, -0.05) is 48.0 Å². The molecule has 0 aliphatic carbocycles. The van der Waals surface area contributed by atoms with Gasteiger partial charge in [-0.05, 0) is 91.6 Å². The third kappa shape index (κ3) is 6.74. The van der Waals surface area contributed by atoms with Gasteiger partial charge in [0.15, 0.2) is 0 Å². The summed E-state index contributed by atoms with van der Waals surface area (Å²) in [6.45, 7) is 5.78. The Morgan fingerprint density at radius 1 is 0.838 bits per heavy atom. The molecule has 4 rings (SSSR count). The molecular formula is C29H27ClN2O3S2. The predicted molar refractivity (Wildman–Crippen MR) is 153 cm³/mol. The minimum Gasteiger partial charge on any atom is -0.322 e. The van der Waals surface area contributed by atoms with Crippen LogP contribution in [0.5, 0.6) is 0 Å². The zero-order valence-corrected chi connectivity index (χ0v) is 23.1. The van der Waals surface area contributed by atoms with E-state index in [2.05, 4.69) is 22.2 Å². The molecule has 0 unspecified atom stereocenters. The number of nitrogens with one attached hydrogen (secondary N) is 2. The van der Waals surface area contributed by atoms with E-state index in [1.165, 1.54) is 23.1 Å². The Kier molecular flexibility index (Phi) is 8.27. The molecule has 5 nitrogen and oxygen atoms in total. The van der Waals surface area contributed by atoms with Crippen LogP contribution in [0.1, 0.15) is 32.6 Å². The van der Waals surface area contributed by atoms with Crippen LogP contribution < -0.4 is 10.0 Å². The number of benzene rings is 4. The minimum absolute atomic E-state index is 0.0318. The maximum Gasteiger partial charge on any atom is 0.263 e. The second-order valence-corrected chi connectivity index (χ2v) is 11.9. The van der Waals surface area contributed by atoms with Crippen molar-refractivity contribution in [3.63, 3.8) is 0 Å². The average Bonchev–Trinajstić information content (AvgIpc) is 2.87. The van der Waals surface area contributed by atoms with Gasteiger partial charge in [0.1, 0.15) is 4.90 Å². The summed E-state index contributed by atoms with van der Waals surface area (Å²) in [5.74, 6) is 0.388. The van der Waals surface area contributed by atoms with Gasteiger partial charge in [-0.15, -0.1) is 11.8 Å². The van der Waals surface area contributed by atoms with Gasteiger partial charge in [0.25, 0.3) is 15.9 Å². The van der Waals surface area contributed by atoms with E-state index in [-0.39, 0.29) is 15.5 Å². The Labute approximate surface area is 227 Å². The second-order valence-electron chi connectivity index (χ2n) is 8.75. The van der Waals surface area contributed by atoms with Crippen molar-refractivity contribution in [2.75, 3.05) is 10.0 Å². The maximum absolute atomic E-state index is 13.1. The fourth-order valence-electron chi connectivity index (χ4n) is 3.70. The fraction of sp³-hybridized carbons (Fsp3) is 0.138. The lowest BCUT2D eigenvalue weighted by Crippen LogP contribution is -2.17. The highest BCUT2D eigenvalue weighted by Crippen LogP contribution is 2.28. The molecule has 0 bridgehead atoms. The summed E-state index contributed by atoms with van der Waals surface area (Å²) in [6, 6.07) is 25.5. The number of hydrogen-bond acceptors (Lipinski definition) is 4. The summed E-state index contributed by atoms with van der Waals surface area (Å²) in [7, 11) is -4.01. The van der Waals surface area contributed by atoms with Crippen molar-refractivity contribution < 1.29 is 13.2 Å². The minimum atomic E-state index is -4.01. The first-order chi connectivity index (χ1) is 17.6. The van der Waals surface area contributed by atoms with E-state index in [4.69, 9.17) is 11.6 Å². The SMILES string of the molecule is Cc1ccc(NS(=O)(=O)c2cc(C(=O)Nc3ccc(CSc4ccccc4)cc3C)ccc2Cl)cc1C. The highest BCUT2D eigenvalue weighted by molar-refractivity contribution is 7.98. The van der Waals surface area contributed by atoms with Crippen LogP contribution in [-0.2, 0) is 15.8 Å². The van der Waals surface area contributed by atoms with Crippen LogP contribution in [0.25, 0.3) is 0 Å². The summed E-state index contributed by atoms with van der Waals surface area (Å²) in [5.41, 5.74) is 5.34. The molecule has 0 aliphatic heterocycles. The summed E-state index contributed by atoms with van der Waals surface area (Å²) in [4.78, 5) is 14.0. The van der Waals surface area contributed by atoms with Crippen LogP contribution in [-0.4, -0.2) is 14.3 Å². The number of carbonyl (C=O) groups is 1. The topological polar surface area (TPSA) is 75.3 Å². The molecule has 0 heterocycles. The number of amides is 1. The molecule has 0 aromatic heterocycles. The molecule has 0 fully saturated rings. The molecule has 1 amide bonds. The van der Waals surface area contributed by atoms with E-state index in [0.29, 0.717) is 11.4 Å². The van der Waals surface area contributed by atoms with Gasteiger partial charge in [-0.3, -0.25) is 9.52 Å². The highest BCUT2D eigenvalue weighted by Gasteiger charge is 2.21. The van der Waals surface area contributed by atoms with Gasteiger partial charge < -0.3 is 5.32 Å². The molecule has 0 saturated carbocycles. The van der Waals surface area contributed by atoms with Gasteiger partial charge in [0, 0.05) is 27.6 Å². The first-order valence-electron chi connectivity index (χ1n) is 11.6. The van der Waals surface area contributed by atoms with Crippen LogP contribution in [0.3, 0.4) is 0 Å². The molecule has 8 heteroatoms. The number of sulfonamides is 1. The highest BCUT2D eigenvalue weighted by atomic mass is 35.5. The molecule has 0 radical (unpaired) electrons. The normalized spacial score (nSPS) is 11.2. The lowest BCUT2D eigenvalue weighted by molar-refractivity contribution is 0.102. The smallest absolute Gasteiger partial charge is 0.263 e. The summed E-state index contributed by atoms with van der Waals surface area (Å²) >= 11 is 7.98. The third-order valence-electron chi connectivity index (χ3n) is 5.93. The lowest BCUT2D eigenvalue weighted by atomic mass is 10.1. The largest absolute Gasteiger partial charge is 0.322 e. The third-order valence-corrected chi connectivity index (χ3v) is 8.88. The fourth-order valence-corrected chi connectivity index (χ4v) is 6.14. The number of halogens is 1. The van der Waals surface area contributed by atoms with Crippen molar-refractivity contribution in [2.24, 2.45) is 0 Å². The Bertz CT molecular complexity index is 1560. The zero-order valence-electron chi connectivity index (χ0n) is 20.7. The van der Waals surface area contributed by atoms with Crippen LogP contribution in [0, 0.1) is 20.8 Å². The quantitative estimate of drug-likeness (QED) is 0.221. The number of hydrogen-bond donors (Lipinski definition) is 2. The molecule has 190 valence electrons. The van der Waals surface area contributed by atoms with Crippen molar-refractivity contribution in [1.29, 1.82) is 0 Å². The maximum atomic E-state index is 13.1. The van der Waals surface area contributed by atoms with Crippen molar-refractivity contribution in [3.8, 4) is 0 Å². The van der Waals surface area contributed by atoms with Crippen LogP contribution in [0.2, 0.25) is 5.02 Å². The van der Waals surface area contributed by atoms with E-state index in [1.807, 2.05) is 63.2 Å². The molecule has 37 heavy (non-hydrogen) atoms. The second kappa shape index (κ2) is 11.4. The Hall–Kier alpha value is -3.26. The van der Waals surface area contributed by atoms with Gasteiger partial charge in [0.2, 0.25) is 0 Å². The monoisotopic (exact) mass is 550 g/mol. The molecule has 0 aliphatic rings. The van der Waals surface area contributed by atoms with Gasteiger partial charge >= 0.3 is 0 Å². The van der Waals surface area contributed by atoms with Gasteiger partial charge in [0.05, 0.1) is 5.02 Å². The molecule has 0 spiro atoms. The summed E-state index contributed by atoms with van der Waals surface area (Å²) < 4.78 is 28.7. The first-order valence-corrected chi connectivity index (χ1v) is 14.5. The standard InChI is InChI=1S/C29H27ClN2O3S2/c1-19-9-12-24(16-20(19)2)32-37(34,35)28-17-23(11-13-26(28)30)29(33)31-27-14-10-22(15-21(27)3)18-36-25-7-5-4-6-8-25/h4-17,32H,18H2,1-3H3,(H,31,33). The van der Waals surface area contributed by atoms with Crippen LogP contribution >= 0.6 is 23.4 Å². The van der Waals surface area contributed by atoms with Gasteiger partial charge in [-0.25, -0.2) is 8.42 Å². The van der Waals surface area contributed by atoms with E-state index >= 15 is 0 Å². The summed E-state index contributed by atoms with van der Waals surface area (Å²) in [5, 5.41) is 2.92. The molecule has 4 aromatic carbocycles. The van der Waals surface area contributed by atoms with Crippen LogP contribution in [0.15, 0.2) is 94.7 Å². The number of carbonyl (C=O) groups excluding carboxylic acids is 1. The zero-order chi connectivity index (χ0) is 26.6. The lowest BCUT2D eigenvalue weighted by Gasteiger charge is -2.13. The number of anilines is 2. The Morgan fingerprint density at radius 3 is 2.30 bits per heavy atom. The molecule has 0 saturated heterocycles. The van der Waals surface area contributed by atoms with E-state index in [0.717, 1.165) is 28.0 Å². The first kappa shape index (κ1) is 26.8. The molecule has 0 atom stereocenters. The summed E-state index contributed by atoms with van der Waals surface area (Å²) in [6.07, 6.45) is 0. The number of rotatable bonds is 8. The Balaban J connectivity index is 1.49. The predicted octanol–water partition coefficient (Wildman–Crippen LogP) is 7.61. The van der Waals surface area contributed by atoms with Crippen molar-refractivity contribution in [1.82, 2.24) is 0 Å². The van der Waals surface area contributed by atoms with Crippen molar-refractivity contribution >= 4 is 50.7 Å². The van der Waals surface area contributed by atoms with E-state index < -0.39 is 15.9 Å². The molecule has 4 aromatic rings. The number of aryl methyl sites for hydroxylation is 3. The van der Waals surface area contributed by atoms with Gasteiger partial charge in [-0.2, -0.15) is 0 Å². The van der Waals surface area contributed by atoms with Crippen molar-refractivity contribution in [3.05, 3.63) is 118 Å². The molecular weight excluding hydrogens is 524 g/mol. The van der Waals surface area contributed by atoms with Crippen LogP contribution in [0.4, 0.5) is 11.4 Å².